The summed E-state index contributed by atoms with van der Waals surface area (Å²) >= 11 is 0. The van der Waals surface area contributed by atoms with Gasteiger partial charge in [-0.25, -0.2) is 4.79 Å². The standard InChI is InChI=1S/C12H19N3O3/c16-8-9-2-1-5-15(6-9)7-11(17)14-12(18)13-10-3-4-10/h8-10H,1-7H2,(H2,13,14,17,18). The normalized spacial score (nSPS) is 24.3. The Morgan fingerprint density at radius 1 is 1.28 bits per heavy atom. The van der Waals surface area contributed by atoms with Gasteiger partial charge in [-0.1, -0.05) is 0 Å². The molecule has 0 aromatic carbocycles. The lowest BCUT2D eigenvalue weighted by Crippen LogP contribution is -2.47. The summed E-state index contributed by atoms with van der Waals surface area (Å²) in [7, 11) is 0. The van der Waals surface area contributed by atoms with E-state index in [1.54, 1.807) is 0 Å². The predicted octanol–water partition coefficient (Wildman–Crippen LogP) is -0.114. The Bertz CT molecular complexity index is 341. The van der Waals surface area contributed by atoms with E-state index in [-0.39, 0.29) is 24.4 Å². The van der Waals surface area contributed by atoms with Gasteiger partial charge in [0, 0.05) is 18.5 Å². The Morgan fingerprint density at radius 2 is 2.06 bits per heavy atom. The predicted molar refractivity (Wildman–Crippen MR) is 64.9 cm³/mol. The van der Waals surface area contributed by atoms with E-state index in [1.807, 2.05) is 4.90 Å². The van der Waals surface area contributed by atoms with E-state index in [0.29, 0.717) is 6.54 Å². The van der Waals surface area contributed by atoms with Crippen LogP contribution in [0.3, 0.4) is 0 Å². The third kappa shape index (κ3) is 4.10. The number of hydrogen-bond donors (Lipinski definition) is 2. The number of urea groups is 1. The van der Waals surface area contributed by atoms with Gasteiger partial charge in [-0.15, -0.1) is 0 Å². The average Bonchev–Trinajstić information content (AvgIpc) is 3.12. The summed E-state index contributed by atoms with van der Waals surface area (Å²) in [6.45, 7) is 1.60. The van der Waals surface area contributed by atoms with Gasteiger partial charge in [0.2, 0.25) is 5.91 Å². The van der Waals surface area contributed by atoms with Gasteiger partial charge in [0.05, 0.1) is 6.54 Å². The average molecular weight is 253 g/mol. The van der Waals surface area contributed by atoms with Crippen molar-refractivity contribution in [2.75, 3.05) is 19.6 Å². The Hall–Kier alpha value is -1.43. The zero-order valence-electron chi connectivity index (χ0n) is 10.4. The molecule has 1 aliphatic carbocycles. The molecule has 3 amide bonds. The molecule has 1 saturated carbocycles. The molecule has 2 N–H and O–H groups in total. The minimum Gasteiger partial charge on any atom is -0.335 e. The fourth-order valence-corrected chi connectivity index (χ4v) is 2.16. The number of likely N-dealkylation sites (tertiary alicyclic amines) is 1. The zero-order valence-corrected chi connectivity index (χ0v) is 10.4. The van der Waals surface area contributed by atoms with Gasteiger partial charge < -0.3 is 10.1 Å². The molecule has 0 spiro atoms. The van der Waals surface area contributed by atoms with Gasteiger partial charge in [-0.05, 0) is 32.2 Å². The molecule has 1 unspecified atom stereocenters. The number of nitrogens with one attached hydrogen (secondary N) is 2. The van der Waals surface area contributed by atoms with Crippen LogP contribution in [0, 0.1) is 5.92 Å². The third-order valence-electron chi connectivity index (χ3n) is 3.27. The molecule has 1 aliphatic heterocycles. The van der Waals surface area contributed by atoms with Crippen LogP contribution in [0.4, 0.5) is 4.79 Å². The first-order chi connectivity index (χ1) is 8.67. The van der Waals surface area contributed by atoms with Crippen LogP contribution < -0.4 is 10.6 Å². The first-order valence-corrected chi connectivity index (χ1v) is 6.45. The van der Waals surface area contributed by atoms with E-state index in [9.17, 15) is 14.4 Å². The summed E-state index contributed by atoms with van der Waals surface area (Å²) in [6.07, 6.45) is 4.75. The Balaban J connectivity index is 1.69. The van der Waals surface area contributed by atoms with Crippen molar-refractivity contribution in [3.63, 3.8) is 0 Å². The van der Waals surface area contributed by atoms with Crippen LogP contribution in [0.15, 0.2) is 0 Å². The fraction of sp³-hybridized carbons (Fsp3) is 0.750. The van der Waals surface area contributed by atoms with Gasteiger partial charge in [0.1, 0.15) is 6.29 Å². The van der Waals surface area contributed by atoms with Crippen molar-refractivity contribution in [2.24, 2.45) is 5.92 Å². The SMILES string of the molecule is O=CC1CCCN(CC(=O)NC(=O)NC2CC2)C1. The van der Waals surface area contributed by atoms with Crippen LogP contribution in [-0.2, 0) is 9.59 Å². The highest BCUT2D eigenvalue weighted by molar-refractivity contribution is 5.95. The molecular formula is C12H19N3O3. The van der Waals surface area contributed by atoms with Crippen LogP contribution >= 0.6 is 0 Å². The van der Waals surface area contributed by atoms with Crippen molar-refractivity contribution in [3.8, 4) is 0 Å². The van der Waals surface area contributed by atoms with E-state index < -0.39 is 6.03 Å². The quantitative estimate of drug-likeness (QED) is 0.685. The van der Waals surface area contributed by atoms with Crippen LogP contribution in [-0.4, -0.2) is 48.8 Å². The lowest BCUT2D eigenvalue weighted by atomic mass is 10.00. The summed E-state index contributed by atoms with van der Waals surface area (Å²) in [5.74, 6) is -0.286. The maximum Gasteiger partial charge on any atom is 0.321 e. The summed E-state index contributed by atoms with van der Waals surface area (Å²) in [5, 5.41) is 5.01. The number of amides is 3. The number of piperidine rings is 1. The summed E-state index contributed by atoms with van der Waals surface area (Å²) < 4.78 is 0. The van der Waals surface area contributed by atoms with Gasteiger partial charge in [0.25, 0.3) is 0 Å². The Labute approximate surface area is 106 Å². The van der Waals surface area contributed by atoms with E-state index in [1.165, 1.54) is 0 Å². The van der Waals surface area contributed by atoms with Crippen molar-refractivity contribution in [1.82, 2.24) is 15.5 Å². The van der Waals surface area contributed by atoms with Crippen LogP contribution in [0.1, 0.15) is 25.7 Å². The zero-order chi connectivity index (χ0) is 13.0. The Morgan fingerprint density at radius 3 is 2.72 bits per heavy atom. The number of carbonyl (C=O) groups is 3. The molecule has 2 fully saturated rings. The van der Waals surface area contributed by atoms with Gasteiger partial charge in [0.15, 0.2) is 0 Å². The number of aldehydes is 1. The smallest absolute Gasteiger partial charge is 0.321 e. The van der Waals surface area contributed by atoms with E-state index >= 15 is 0 Å². The van der Waals surface area contributed by atoms with Crippen molar-refractivity contribution in [2.45, 2.75) is 31.7 Å². The highest BCUT2D eigenvalue weighted by Crippen LogP contribution is 2.18. The monoisotopic (exact) mass is 253 g/mol. The largest absolute Gasteiger partial charge is 0.335 e. The molecule has 100 valence electrons. The molecule has 18 heavy (non-hydrogen) atoms. The maximum atomic E-state index is 11.6. The molecule has 0 aromatic rings. The van der Waals surface area contributed by atoms with E-state index in [0.717, 1.165) is 38.5 Å². The molecule has 2 rings (SSSR count). The Kier molecular flexibility index (Phi) is 4.30. The van der Waals surface area contributed by atoms with Crippen molar-refractivity contribution in [1.29, 1.82) is 0 Å². The summed E-state index contributed by atoms with van der Waals surface area (Å²) in [4.78, 5) is 35.6. The highest BCUT2D eigenvalue weighted by atomic mass is 16.2. The van der Waals surface area contributed by atoms with E-state index in [2.05, 4.69) is 10.6 Å². The first kappa shape index (κ1) is 13.0. The van der Waals surface area contributed by atoms with Crippen LogP contribution in [0.25, 0.3) is 0 Å². The van der Waals surface area contributed by atoms with Crippen molar-refractivity contribution < 1.29 is 14.4 Å². The van der Waals surface area contributed by atoms with Crippen LogP contribution in [0.2, 0.25) is 0 Å². The lowest BCUT2D eigenvalue weighted by Gasteiger charge is -2.29. The second-order valence-electron chi connectivity index (χ2n) is 5.07. The molecule has 6 heteroatoms. The fourth-order valence-electron chi connectivity index (χ4n) is 2.16. The van der Waals surface area contributed by atoms with Gasteiger partial charge in [-0.2, -0.15) is 0 Å². The number of imide groups is 1. The molecular weight excluding hydrogens is 234 g/mol. The minimum absolute atomic E-state index is 0.0202. The molecule has 1 atom stereocenters. The van der Waals surface area contributed by atoms with E-state index in [4.69, 9.17) is 0 Å². The number of rotatable bonds is 4. The first-order valence-electron chi connectivity index (χ1n) is 6.45. The number of hydrogen-bond acceptors (Lipinski definition) is 4. The molecule has 2 aliphatic rings. The molecule has 1 heterocycles. The molecule has 0 radical (unpaired) electrons. The van der Waals surface area contributed by atoms with Gasteiger partial charge >= 0.3 is 6.03 Å². The third-order valence-corrected chi connectivity index (χ3v) is 3.27. The van der Waals surface area contributed by atoms with Gasteiger partial charge in [-0.3, -0.25) is 15.0 Å². The molecule has 6 nitrogen and oxygen atoms in total. The summed E-state index contributed by atoms with van der Waals surface area (Å²) in [6, 6.07) is -0.168. The molecule has 0 bridgehead atoms. The second-order valence-corrected chi connectivity index (χ2v) is 5.07. The number of nitrogens with zero attached hydrogens (tertiary/aromatic N) is 1. The lowest BCUT2D eigenvalue weighted by molar-refractivity contribution is -0.122. The molecule has 1 saturated heterocycles. The topological polar surface area (TPSA) is 78.5 Å². The highest BCUT2D eigenvalue weighted by Gasteiger charge is 2.25. The molecule has 0 aromatic heterocycles. The second kappa shape index (κ2) is 5.95. The number of carbonyl (C=O) groups excluding carboxylic acids is 3. The van der Waals surface area contributed by atoms with Crippen LogP contribution in [0.5, 0.6) is 0 Å². The van der Waals surface area contributed by atoms with Crippen molar-refractivity contribution in [3.05, 3.63) is 0 Å². The minimum atomic E-state index is -0.411. The maximum absolute atomic E-state index is 11.6. The summed E-state index contributed by atoms with van der Waals surface area (Å²) in [5.41, 5.74) is 0. The van der Waals surface area contributed by atoms with Crippen molar-refractivity contribution >= 4 is 18.2 Å².